The van der Waals surface area contributed by atoms with Crippen molar-refractivity contribution < 1.29 is 19.5 Å². The van der Waals surface area contributed by atoms with Crippen LogP contribution in [0, 0.1) is 17.8 Å². The van der Waals surface area contributed by atoms with Gasteiger partial charge in [0.2, 0.25) is 17.7 Å². The van der Waals surface area contributed by atoms with Crippen LogP contribution in [-0.2, 0) is 20.9 Å². The molecule has 3 amide bonds. The molecule has 0 saturated carbocycles. The molecule has 2 fully saturated rings. The van der Waals surface area contributed by atoms with Gasteiger partial charge in [0.1, 0.15) is 6.04 Å². The number of carbonyl (C=O) groups excluding carboxylic acids is 3. The Kier molecular flexibility index (Phi) is 6.77. The molecular formula is C29H37N3O4S. The highest BCUT2D eigenvalue weighted by Crippen LogP contribution is 2.65. The zero-order valence-corrected chi connectivity index (χ0v) is 22.9. The molecule has 7 nitrogen and oxygen atoms in total. The van der Waals surface area contributed by atoms with Gasteiger partial charge in [-0.2, -0.15) is 0 Å². The Bertz CT molecular complexity index is 1140. The highest BCUT2D eigenvalue weighted by Gasteiger charge is 2.74. The second kappa shape index (κ2) is 9.62. The zero-order chi connectivity index (χ0) is 26.5. The van der Waals surface area contributed by atoms with Crippen LogP contribution >= 0.6 is 11.8 Å². The SMILES string of the molecule is CC(C)C[C@H](CO)N1C(=O)[C@@H]2[C@H]3C(=O)N(C)CC=C[C@@]3(C)S[C@@]23C=CCN(Cc2ccccc2)C(=O)C13. The van der Waals surface area contributed by atoms with Crippen LogP contribution in [0.1, 0.15) is 32.8 Å². The second-order valence-electron chi connectivity index (χ2n) is 11.4. The molecule has 4 aliphatic heterocycles. The van der Waals surface area contributed by atoms with E-state index in [2.05, 4.69) is 19.9 Å². The normalized spacial score (nSPS) is 33.9. The van der Waals surface area contributed by atoms with Crippen LogP contribution < -0.4 is 0 Å². The zero-order valence-electron chi connectivity index (χ0n) is 22.0. The number of nitrogens with zero attached hydrogens (tertiary/aromatic N) is 3. The molecular weight excluding hydrogens is 486 g/mol. The van der Waals surface area contributed by atoms with Gasteiger partial charge < -0.3 is 19.8 Å². The first kappa shape index (κ1) is 26.0. The number of fused-ring (bicyclic) bond motifs is 2. The van der Waals surface area contributed by atoms with Gasteiger partial charge in [0, 0.05) is 31.4 Å². The van der Waals surface area contributed by atoms with Crippen LogP contribution in [0.5, 0.6) is 0 Å². The minimum atomic E-state index is -0.887. The summed E-state index contributed by atoms with van der Waals surface area (Å²) in [6.07, 6.45) is 8.68. The summed E-state index contributed by atoms with van der Waals surface area (Å²) in [5.41, 5.74) is 1.02. The third-order valence-corrected chi connectivity index (χ3v) is 10.1. The topological polar surface area (TPSA) is 81.2 Å². The maximum atomic E-state index is 14.4. The van der Waals surface area contributed by atoms with Gasteiger partial charge in [0.25, 0.3) is 0 Å². The Morgan fingerprint density at radius 1 is 1.00 bits per heavy atom. The fourth-order valence-electron chi connectivity index (χ4n) is 6.79. The van der Waals surface area contributed by atoms with Gasteiger partial charge in [-0.3, -0.25) is 14.4 Å². The van der Waals surface area contributed by atoms with E-state index >= 15 is 0 Å². The summed E-state index contributed by atoms with van der Waals surface area (Å²) in [6.45, 7) is 7.27. The Morgan fingerprint density at radius 3 is 2.38 bits per heavy atom. The van der Waals surface area contributed by atoms with Crippen LogP contribution in [0.4, 0.5) is 0 Å². The van der Waals surface area contributed by atoms with E-state index in [1.165, 1.54) is 0 Å². The Balaban J connectivity index is 1.63. The van der Waals surface area contributed by atoms with E-state index in [1.54, 1.807) is 33.5 Å². The summed E-state index contributed by atoms with van der Waals surface area (Å²) in [7, 11) is 1.77. The predicted octanol–water partition coefficient (Wildman–Crippen LogP) is 2.71. The first-order chi connectivity index (χ1) is 17.6. The fraction of sp³-hybridized carbons (Fsp3) is 0.552. The van der Waals surface area contributed by atoms with Crippen molar-refractivity contribution in [3.63, 3.8) is 0 Å². The molecule has 0 aromatic heterocycles. The van der Waals surface area contributed by atoms with Crippen molar-refractivity contribution in [3.05, 3.63) is 60.2 Å². The molecule has 198 valence electrons. The number of likely N-dealkylation sites (N-methyl/N-ethyl adjacent to an activating group) is 1. The van der Waals surface area contributed by atoms with Crippen molar-refractivity contribution in [2.45, 2.75) is 55.3 Å². The van der Waals surface area contributed by atoms with Gasteiger partial charge in [-0.05, 0) is 24.8 Å². The lowest BCUT2D eigenvalue weighted by Gasteiger charge is -2.40. The highest BCUT2D eigenvalue weighted by molar-refractivity contribution is 8.02. The van der Waals surface area contributed by atoms with Crippen LogP contribution in [0.2, 0.25) is 0 Å². The number of amides is 3. The number of aliphatic hydroxyl groups is 1. The maximum absolute atomic E-state index is 14.4. The lowest BCUT2D eigenvalue weighted by Crippen LogP contribution is -2.56. The Hall–Kier alpha value is -2.58. The van der Waals surface area contributed by atoms with Crippen LogP contribution in [0.3, 0.4) is 0 Å². The molecule has 5 rings (SSSR count). The molecule has 0 aliphatic carbocycles. The third kappa shape index (κ3) is 4.13. The van der Waals surface area contributed by atoms with Crippen LogP contribution in [0.15, 0.2) is 54.6 Å². The average molecular weight is 524 g/mol. The first-order valence-electron chi connectivity index (χ1n) is 13.2. The van der Waals surface area contributed by atoms with Crippen molar-refractivity contribution in [2.24, 2.45) is 17.8 Å². The molecule has 6 atom stereocenters. The number of hydrogen-bond acceptors (Lipinski definition) is 5. The summed E-state index contributed by atoms with van der Waals surface area (Å²) < 4.78 is -1.50. The molecule has 0 radical (unpaired) electrons. The van der Waals surface area contributed by atoms with Gasteiger partial charge in [0.05, 0.1) is 29.2 Å². The number of aliphatic hydroxyl groups excluding tert-OH is 1. The molecule has 1 aromatic carbocycles. The second-order valence-corrected chi connectivity index (χ2v) is 13.2. The van der Waals surface area contributed by atoms with E-state index in [-0.39, 0.29) is 30.2 Å². The quantitative estimate of drug-likeness (QED) is 0.580. The summed E-state index contributed by atoms with van der Waals surface area (Å²) in [5, 5.41) is 10.5. The molecule has 1 spiro atoms. The van der Waals surface area contributed by atoms with E-state index in [0.717, 1.165) is 5.56 Å². The Labute approximate surface area is 223 Å². The number of likely N-dealkylation sites (tertiary alicyclic amines) is 1. The van der Waals surface area contributed by atoms with Gasteiger partial charge in [-0.1, -0.05) is 68.5 Å². The predicted molar refractivity (Wildman–Crippen MR) is 144 cm³/mol. The monoisotopic (exact) mass is 523 g/mol. The van der Waals surface area contributed by atoms with Crippen LogP contribution in [0.25, 0.3) is 0 Å². The molecule has 4 aliphatic rings. The molecule has 8 heteroatoms. The van der Waals surface area contributed by atoms with Gasteiger partial charge in [-0.25, -0.2) is 0 Å². The molecule has 0 bridgehead atoms. The molecule has 1 N–H and O–H groups in total. The van der Waals surface area contributed by atoms with E-state index in [1.807, 2.05) is 55.5 Å². The largest absolute Gasteiger partial charge is 0.394 e. The van der Waals surface area contributed by atoms with Crippen molar-refractivity contribution in [3.8, 4) is 0 Å². The number of carbonyl (C=O) groups is 3. The molecule has 1 unspecified atom stereocenters. The van der Waals surface area contributed by atoms with Gasteiger partial charge in [-0.15, -0.1) is 11.8 Å². The van der Waals surface area contributed by atoms with E-state index in [0.29, 0.717) is 26.1 Å². The van der Waals surface area contributed by atoms with E-state index in [9.17, 15) is 19.5 Å². The summed E-state index contributed by atoms with van der Waals surface area (Å²) in [4.78, 5) is 47.7. The summed E-state index contributed by atoms with van der Waals surface area (Å²) >= 11 is 1.58. The van der Waals surface area contributed by atoms with Crippen LogP contribution in [-0.4, -0.2) is 85.8 Å². The molecule has 37 heavy (non-hydrogen) atoms. The number of hydrogen-bond donors (Lipinski definition) is 1. The van der Waals surface area contributed by atoms with Gasteiger partial charge >= 0.3 is 0 Å². The molecule has 2 saturated heterocycles. The standard InChI is InChI=1S/C29H37N3O4S/c1-19(2)16-21(18-33)32-24-27(36)31(17-20-10-6-5-7-11-20)15-9-13-29(24)23(26(32)35)22-25(34)30(4)14-8-12-28(22,3)37-29/h5-13,19,21-24,33H,14-18H2,1-4H3/t21-,22+,23+,24?,28-,29+/m1/s1. The lowest BCUT2D eigenvalue weighted by molar-refractivity contribution is -0.147. The lowest BCUT2D eigenvalue weighted by atomic mass is 9.74. The summed E-state index contributed by atoms with van der Waals surface area (Å²) in [5.74, 6) is -1.41. The highest BCUT2D eigenvalue weighted by atomic mass is 32.2. The number of thioether (sulfide) groups is 1. The number of rotatable bonds is 6. The van der Waals surface area contributed by atoms with E-state index < -0.39 is 33.4 Å². The number of benzene rings is 1. The Morgan fingerprint density at radius 2 is 1.70 bits per heavy atom. The average Bonchev–Trinajstić information content (AvgIpc) is 3.15. The van der Waals surface area contributed by atoms with E-state index in [4.69, 9.17) is 0 Å². The van der Waals surface area contributed by atoms with Gasteiger partial charge in [0.15, 0.2) is 0 Å². The molecule has 4 heterocycles. The molecule has 1 aromatic rings. The maximum Gasteiger partial charge on any atom is 0.247 e. The smallest absolute Gasteiger partial charge is 0.247 e. The minimum absolute atomic E-state index is 0.0635. The minimum Gasteiger partial charge on any atom is -0.394 e. The first-order valence-corrected chi connectivity index (χ1v) is 14.0. The van der Waals surface area contributed by atoms with Crippen molar-refractivity contribution in [1.29, 1.82) is 0 Å². The summed E-state index contributed by atoms with van der Waals surface area (Å²) in [6, 6.07) is 8.57. The van der Waals surface area contributed by atoms with Crippen molar-refractivity contribution >= 4 is 29.5 Å². The third-order valence-electron chi connectivity index (χ3n) is 8.34. The van der Waals surface area contributed by atoms with Crippen molar-refractivity contribution in [1.82, 2.24) is 14.7 Å². The van der Waals surface area contributed by atoms with Crippen molar-refractivity contribution in [2.75, 3.05) is 26.7 Å². The fourth-order valence-corrected chi connectivity index (χ4v) is 8.93.